The van der Waals surface area contributed by atoms with Gasteiger partial charge in [0.25, 0.3) is 0 Å². The zero-order chi connectivity index (χ0) is 15.5. The van der Waals surface area contributed by atoms with E-state index in [2.05, 4.69) is 17.0 Å². The van der Waals surface area contributed by atoms with E-state index in [-0.39, 0.29) is 6.04 Å². The molecule has 0 bridgehead atoms. The van der Waals surface area contributed by atoms with Crippen LogP contribution in [0, 0.1) is 12.8 Å². The van der Waals surface area contributed by atoms with Gasteiger partial charge in [0.1, 0.15) is 0 Å². The van der Waals surface area contributed by atoms with Crippen LogP contribution in [0.5, 0.6) is 0 Å². The molecule has 0 heterocycles. The second-order valence-electron chi connectivity index (χ2n) is 5.96. The molecule has 1 aromatic rings. The first-order valence-electron chi connectivity index (χ1n) is 7.77. The lowest BCUT2D eigenvalue weighted by Gasteiger charge is -2.19. The number of nitrogens with one attached hydrogen (secondary N) is 2. The summed E-state index contributed by atoms with van der Waals surface area (Å²) in [6.07, 6.45) is 3.15. The summed E-state index contributed by atoms with van der Waals surface area (Å²) in [5.41, 5.74) is 1.88. The van der Waals surface area contributed by atoms with Crippen molar-refractivity contribution in [3.63, 3.8) is 0 Å². The molecule has 0 saturated heterocycles. The Bertz CT molecular complexity index is 584. The largest absolute Gasteiger partial charge is 0.313 e. The minimum atomic E-state index is -3.43. The molecule has 1 aliphatic carbocycles. The molecule has 0 aliphatic heterocycles. The van der Waals surface area contributed by atoms with Crippen LogP contribution in [0.4, 0.5) is 0 Å². The summed E-state index contributed by atoms with van der Waals surface area (Å²) in [5.74, 6) is 0.421. The van der Waals surface area contributed by atoms with Crippen molar-refractivity contribution in [2.75, 3.05) is 6.54 Å². The molecule has 0 radical (unpaired) electrons. The molecular weight excluding hydrogens is 284 g/mol. The quantitative estimate of drug-likeness (QED) is 0.849. The molecule has 2 N–H and O–H groups in total. The summed E-state index contributed by atoms with van der Waals surface area (Å²) < 4.78 is 28.2. The second-order valence-corrected chi connectivity index (χ2v) is 7.64. The highest BCUT2D eigenvalue weighted by Gasteiger charge is 2.29. The van der Waals surface area contributed by atoms with Crippen LogP contribution in [0.2, 0.25) is 0 Å². The fourth-order valence-corrected chi connectivity index (χ4v) is 4.65. The molecule has 1 aliphatic rings. The maximum atomic E-state index is 12.6. The first-order valence-corrected chi connectivity index (χ1v) is 9.25. The first-order chi connectivity index (χ1) is 9.95. The number of benzene rings is 1. The van der Waals surface area contributed by atoms with Gasteiger partial charge < -0.3 is 5.32 Å². The van der Waals surface area contributed by atoms with Gasteiger partial charge in [-0.2, -0.15) is 0 Å². The lowest BCUT2D eigenvalue weighted by atomic mass is 10.1. The molecule has 118 valence electrons. The maximum Gasteiger partial charge on any atom is 0.241 e. The Kier molecular flexibility index (Phi) is 5.41. The van der Waals surface area contributed by atoms with Gasteiger partial charge in [-0.05, 0) is 49.4 Å². The fourth-order valence-electron chi connectivity index (χ4n) is 2.99. The van der Waals surface area contributed by atoms with Crippen molar-refractivity contribution in [1.82, 2.24) is 10.0 Å². The molecule has 0 aromatic heterocycles. The number of sulfonamides is 1. The molecule has 0 amide bonds. The van der Waals surface area contributed by atoms with E-state index in [9.17, 15) is 8.42 Å². The van der Waals surface area contributed by atoms with Crippen LogP contribution < -0.4 is 10.0 Å². The third-order valence-electron chi connectivity index (χ3n) is 4.42. The lowest BCUT2D eigenvalue weighted by Crippen LogP contribution is -2.36. The Hall–Kier alpha value is -0.910. The molecule has 1 fully saturated rings. The minimum Gasteiger partial charge on any atom is -0.313 e. The van der Waals surface area contributed by atoms with E-state index in [1.165, 1.54) is 0 Å². The fraction of sp³-hybridized carbons (Fsp3) is 0.625. The van der Waals surface area contributed by atoms with Gasteiger partial charge in [0.2, 0.25) is 10.0 Å². The van der Waals surface area contributed by atoms with Crippen molar-refractivity contribution in [3.8, 4) is 0 Å². The lowest BCUT2D eigenvalue weighted by molar-refractivity contribution is 0.476. The van der Waals surface area contributed by atoms with Crippen LogP contribution in [0.15, 0.2) is 23.1 Å². The summed E-state index contributed by atoms with van der Waals surface area (Å²) in [7, 11) is -3.43. The standard InChI is InChI=1S/C16H26N2O2S/c1-4-17-11-14-8-6-10-16(13(14)3)21(19,20)18-15-9-5-7-12(15)2/h6,8,10,12,15,17-18H,4-5,7,9,11H2,1-3H3. The molecular formula is C16H26N2O2S. The normalized spacial score (nSPS) is 22.6. The SMILES string of the molecule is CCNCc1cccc(S(=O)(=O)NC2CCCC2C)c1C. The summed E-state index contributed by atoms with van der Waals surface area (Å²) in [5, 5.41) is 3.25. The van der Waals surface area contributed by atoms with Gasteiger partial charge >= 0.3 is 0 Å². The van der Waals surface area contributed by atoms with Crippen LogP contribution in [-0.2, 0) is 16.6 Å². The molecule has 2 unspecified atom stereocenters. The van der Waals surface area contributed by atoms with E-state index in [1.807, 2.05) is 26.0 Å². The smallest absolute Gasteiger partial charge is 0.241 e. The molecule has 0 spiro atoms. The molecule has 2 atom stereocenters. The molecule has 21 heavy (non-hydrogen) atoms. The number of hydrogen-bond acceptors (Lipinski definition) is 3. The van der Waals surface area contributed by atoms with Crippen molar-refractivity contribution >= 4 is 10.0 Å². The Morgan fingerprint density at radius 2 is 2.05 bits per heavy atom. The number of hydrogen-bond donors (Lipinski definition) is 2. The van der Waals surface area contributed by atoms with Crippen LogP contribution in [0.25, 0.3) is 0 Å². The predicted molar refractivity (Wildman–Crippen MR) is 85.7 cm³/mol. The van der Waals surface area contributed by atoms with Gasteiger partial charge in [-0.3, -0.25) is 0 Å². The van der Waals surface area contributed by atoms with Crippen molar-refractivity contribution in [2.45, 2.75) is 57.5 Å². The molecule has 5 heteroatoms. The van der Waals surface area contributed by atoms with Gasteiger partial charge in [0.05, 0.1) is 4.90 Å². The zero-order valence-corrected chi connectivity index (χ0v) is 14.0. The maximum absolute atomic E-state index is 12.6. The van der Waals surface area contributed by atoms with E-state index in [0.29, 0.717) is 17.4 Å². The molecule has 1 aromatic carbocycles. The third-order valence-corrected chi connectivity index (χ3v) is 6.05. The number of rotatable bonds is 6. The third kappa shape index (κ3) is 3.84. The van der Waals surface area contributed by atoms with Crippen LogP contribution in [-0.4, -0.2) is 21.0 Å². The summed E-state index contributed by atoms with van der Waals surface area (Å²) >= 11 is 0. The van der Waals surface area contributed by atoms with Crippen molar-refractivity contribution < 1.29 is 8.42 Å². The van der Waals surface area contributed by atoms with Gasteiger partial charge in [-0.25, -0.2) is 13.1 Å². The van der Waals surface area contributed by atoms with Crippen LogP contribution >= 0.6 is 0 Å². The Balaban J connectivity index is 2.23. The molecule has 1 saturated carbocycles. The topological polar surface area (TPSA) is 58.2 Å². The van der Waals surface area contributed by atoms with Gasteiger partial charge in [-0.15, -0.1) is 0 Å². The average Bonchev–Trinajstić information content (AvgIpc) is 2.82. The van der Waals surface area contributed by atoms with Crippen molar-refractivity contribution in [1.29, 1.82) is 0 Å². The van der Waals surface area contributed by atoms with Gasteiger partial charge in [0, 0.05) is 12.6 Å². The highest BCUT2D eigenvalue weighted by atomic mass is 32.2. The highest BCUT2D eigenvalue weighted by molar-refractivity contribution is 7.89. The monoisotopic (exact) mass is 310 g/mol. The highest BCUT2D eigenvalue weighted by Crippen LogP contribution is 2.27. The Morgan fingerprint density at radius 1 is 1.29 bits per heavy atom. The van der Waals surface area contributed by atoms with Crippen molar-refractivity contribution in [2.24, 2.45) is 5.92 Å². The van der Waals surface area contributed by atoms with E-state index >= 15 is 0 Å². The molecule has 4 nitrogen and oxygen atoms in total. The van der Waals surface area contributed by atoms with E-state index < -0.39 is 10.0 Å². The summed E-state index contributed by atoms with van der Waals surface area (Å²) in [6.45, 7) is 7.62. The minimum absolute atomic E-state index is 0.0758. The average molecular weight is 310 g/mol. The molecule has 2 rings (SSSR count). The van der Waals surface area contributed by atoms with Gasteiger partial charge in [0.15, 0.2) is 0 Å². The summed E-state index contributed by atoms with van der Waals surface area (Å²) in [4.78, 5) is 0.414. The Morgan fingerprint density at radius 3 is 2.67 bits per heavy atom. The van der Waals surface area contributed by atoms with E-state index in [0.717, 1.165) is 36.9 Å². The zero-order valence-electron chi connectivity index (χ0n) is 13.1. The van der Waals surface area contributed by atoms with Crippen LogP contribution in [0.3, 0.4) is 0 Å². The van der Waals surface area contributed by atoms with E-state index in [1.54, 1.807) is 6.07 Å². The van der Waals surface area contributed by atoms with E-state index in [4.69, 9.17) is 0 Å². The first kappa shape index (κ1) is 16.5. The summed E-state index contributed by atoms with van der Waals surface area (Å²) in [6, 6.07) is 5.58. The van der Waals surface area contributed by atoms with Gasteiger partial charge in [-0.1, -0.05) is 32.4 Å². The van der Waals surface area contributed by atoms with Crippen LogP contribution in [0.1, 0.15) is 44.2 Å². The predicted octanol–water partition coefficient (Wildman–Crippen LogP) is 2.57. The second kappa shape index (κ2) is 6.90. The van der Waals surface area contributed by atoms with Crippen molar-refractivity contribution in [3.05, 3.63) is 29.3 Å². The Labute approximate surface area is 128 Å².